The van der Waals surface area contributed by atoms with Crippen molar-refractivity contribution < 1.29 is 14.3 Å². The Labute approximate surface area is 117 Å². The minimum Gasteiger partial charge on any atom is -0.449 e. The van der Waals surface area contributed by atoms with Gasteiger partial charge < -0.3 is 9.64 Å². The Kier molecular flexibility index (Phi) is 4.36. The van der Waals surface area contributed by atoms with Crippen molar-refractivity contribution in [1.82, 2.24) is 4.90 Å². The lowest BCUT2D eigenvalue weighted by atomic mass is 10.1. The molecule has 0 aliphatic carbocycles. The highest BCUT2D eigenvalue weighted by Crippen LogP contribution is 2.12. The van der Waals surface area contributed by atoms with Crippen molar-refractivity contribution in [2.24, 2.45) is 0 Å². The van der Waals surface area contributed by atoms with Gasteiger partial charge in [-0.1, -0.05) is 0 Å². The van der Waals surface area contributed by atoms with Crippen LogP contribution >= 0.6 is 0 Å². The molecule has 104 valence electrons. The fourth-order valence-electron chi connectivity index (χ4n) is 2.15. The van der Waals surface area contributed by atoms with E-state index in [4.69, 9.17) is 10.00 Å². The van der Waals surface area contributed by atoms with E-state index in [2.05, 4.69) is 0 Å². The Bertz CT molecular complexity index is 539. The molecular weight excluding hydrogens is 256 g/mol. The molecule has 5 nitrogen and oxygen atoms in total. The summed E-state index contributed by atoms with van der Waals surface area (Å²) < 4.78 is 5.17. The van der Waals surface area contributed by atoms with E-state index in [9.17, 15) is 9.59 Å². The third-order valence-electron chi connectivity index (χ3n) is 3.30. The molecule has 1 aliphatic heterocycles. The maximum atomic E-state index is 12.0. The summed E-state index contributed by atoms with van der Waals surface area (Å²) in [5.74, 6) is -0.695. The number of hydrogen-bond acceptors (Lipinski definition) is 4. The standard InChI is InChI=1S/C15H16N2O3/c1-11(14(18)17-8-2-3-9-17)20-15(19)13-6-4-12(10-16)5-7-13/h4-7,11H,2-3,8-9H2,1H3/t11-/m0/s1. The molecule has 5 heteroatoms. The molecule has 1 fully saturated rings. The molecule has 0 radical (unpaired) electrons. The van der Waals surface area contributed by atoms with Gasteiger partial charge >= 0.3 is 5.97 Å². The van der Waals surface area contributed by atoms with Crippen molar-refractivity contribution in [1.29, 1.82) is 5.26 Å². The van der Waals surface area contributed by atoms with Crippen molar-refractivity contribution >= 4 is 11.9 Å². The summed E-state index contributed by atoms with van der Waals surface area (Å²) in [5, 5.41) is 8.69. The average Bonchev–Trinajstić information content (AvgIpc) is 3.00. The van der Waals surface area contributed by atoms with Gasteiger partial charge in [-0.25, -0.2) is 4.79 Å². The summed E-state index contributed by atoms with van der Waals surface area (Å²) in [5.41, 5.74) is 0.813. The number of likely N-dealkylation sites (tertiary alicyclic amines) is 1. The predicted molar refractivity (Wildman–Crippen MR) is 71.8 cm³/mol. The predicted octanol–water partition coefficient (Wildman–Crippen LogP) is 1.73. The number of carbonyl (C=O) groups is 2. The number of rotatable bonds is 3. The van der Waals surface area contributed by atoms with Gasteiger partial charge in [-0.15, -0.1) is 0 Å². The van der Waals surface area contributed by atoms with Crippen LogP contribution in [0.25, 0.3) is 0 Å². The zero-order chi connectivity index (χ0) is 14.5. The lowest BCUT2D eigenvalue weighted by Gasteiger charge is -2.20. The minimum absolute atomic E-state index is 0.149. The molecule has 0 aromatic heterocycles. The van der Waals surface area contributed by atoms with Gasteiger partial charge in [0, 0.05) is 13.1 Å². The van der Waals surface area contributed by atoms with Gasteiger partial charge in [0.2, 0.25) is 0 Å². The summed E-state index contributed by atoms with van der Waals surface area (Å²) in [6.07, 6.45) is 1.22. The number of esters is 1. The molecule has 1 aliphatic rings. The molecule has 0 saturated carbocycles. The van der Waals surface area contributed by atoms with Crippen molar-refractivity contribution in [2.45, 2.75) is 25.9 Å². The van der Waals surface area contributed by atoms with E-state index in [1.54, 1.807) is 24.0 Å². The number of carbonyl (C=O) groups excluding carboxylic acids is 2. The second-order valence-electron chi connectivity index (χ2n) is 4.77. The highest BCUT2D eigenvalue weighted by atomic mass is 16.5. The van der Waals surface area contributed by atoms with Crippen LogP contribution in [0, 0.1) is 11.3 Å². The number of nitrogens with zero attached hydrogens (tertiary/aromatic N) is 2. The van der Waals surface area contributed by atoms with Crippen LogP contribution in [0.3, 0.4) is 0 Å². The number of nitriles is 1. The van der Waals surface area contributed by atoms with E-state index in [-0.39, 0.29) is 5.91 Å². The normalized spacial score (nSPS) is 15.5. The molecule has 0 unspecified atom stereocenters. The van der Waals surface area contributed by atoms with Crippen molar-refractivity contribution in [3.8, 4) is 6.07 Å². The molecule has 1 aromatic rings. The first-order chi connectivity index (χ1) is 9.61. The van der Waals surface area contributed by atoms with Crippen LogP contribution in [0.1, 0.15) is 35.7 Å². The van der Waals surface area contributed by atoms with Crippen LogP contribution in [0.15, 0.2) is 24.3 Å². The van der Waals surface area contributed by atoms with E-state index >= 15 is 0 Å². The van der Waals surface area contributed by atoms with Crippen LogP contribution in [-0.4, -0.2) is 36.0 Å². The van der Waals surface area contributed by atoms with Gasteiger partial charge in [0.25, 0.3) is 5.91 Å². The molecule has 1 amide bonds. The van der Waals surface area contributed by atoms with Crippen LogP contribution in [-0.2, 0) is 9.53 Å². The SMILES string of the molecule is C[C@H](OC(=O)c1ccc(C#N)cc1)C(=O)N1CCCC1. The maximum absolute atomic E-state index is 12.0. The first-order valence-electron chi connectivity index (χ1n) is 6.62. The van der Waals surface area contributed by atoms with E-state index in [0.717, 1.165) is 25.9 Å². The summed E-state index contributed by atoms with van der Waals surface area (Å²) >= 11 is 0. The monoisotopic (exact) mass is 272 g/mol. The van der Waals surface area contributed by atoms with Gasteiger partial charge in [0.15, 0.2) is 6.10 Å². The van der Waals surface area contributed by atoms with Crippen LogP contribution < -0.4 is 0 Å². The fraction of sp³-hybridized carbons (Fsp3) is 0.400. The molecule has 0 N–H and O–H groups in total. The molecule has 20 heavy (non-hydrogen) atoms. The first kappa shape index (κ1) is 14.1. The van der Waals surface area contributed by atoms with Gasteiger partial charge in [0.1, 0.15) is 0 Å². The molecule has 1 atom stereocenters. The van der Waals surface area contributed by atoms with Gasteiger partial charge in [-0.05, 0) is 44.0 Å². The Hall–Kier alpha value is -2.35. The quantitative estimate of drug-likeness (QED) is 0.786. The third kappa shape index (κ3) is 3.15. The van der Waals surface area contributed by atoms with Gasteiger partial charge in [-0.3, -0.25) is 4.79 Å². The molecule has 1 saturated heterocycles. The molecule has 0 spiro atoms. The van der Waals surface area contributed by atoms with Crippen molar-refractivity contribution in [2.75, 3.05) is 13.1 Å². The average molecular weight is 272 g/mol. The Morgan fingerprint density at radius 3 is 2.40 bits per heavy atom. The molecule has 2 rings (SSSR count). The Morgan fingerprint density at radius 2 is 1.85 bits per heavy atom. The van der Waals surface area contributed by atoms with Crippen LogP contribution in [0.2, 0.25) is 0 Å². The number of hydrogen-bond donors (Lipinski definition) is 0. The van der Waals surface area contributed by atoms with E-state index < -0.39 is 12.1 Å². The molecule has 1 aromatic carbocycles. The van der Waals surface area contributed by atoms with E-state index in [1.807, 2.05) is 6.07 Å². The zero-order valence-electron chi connectivity index (χ0n) is 11.3. The maximum Gasteiger partial charge on any atom is 0.338 e. The second-order valence-corrected chi connectivity index (χ2v) is 4.77. The number of benzene rings is 1. The van der Waals surface area contributed by atoms with Crippen molar-refractivity contribution in [3.63, 3.8) is 0 Å². The summed E-state index contributed by atoms with van der Waals surface area (Å²) in [6, 6.07) is 8.11. The van der Waals surface area contributed by atoms with Crippen LogP contribution in [0.5, 0.6) is 0 Å². The Balaban J connectivity index is 1.96. The highest BCUT2D eigenvalue weighted by Gasteiger charge is 2.26. The second kappa shape index (κ2) is 6.20. The van der Waals surface area contributed by atoms with E-state index in [1.165, 1.54) is 12.1 Å². The number of amides is 1. The van der Waals surface area contributed by atoms with Crippen molar-refractivity contribution in [3.05, 3.63) is 35.4 Å². The molecule has 0 bridgehead atoms. The zero-order valence-corrected chi connectivity index (χ0v) is 11.3. The largest absolute Gasteiger partial charge is 0.449 e. The lowest BCUT2D eigenvalue weighted by Crippen LogP contribution is -2.38. The molecule has 1 heterocycles. The third-order valence-corrected chi connectivity index (χ3v) is 3.30. The summed E-state index contributed by atoms with van der Waals surface area (Å²) in [4.78, 5) is 25.6. The number of ether oxygens (including phenoxy) is 1. The summed E-state index contributed by atoms with van der Waals surface area (Å²) in [6.45, 7) is 3.05. The topological polar surface area (TPSA) is 70.4 Å². The first-order valence-corrected chi connectivity index (χ1v) is 6.62. The smallest absolute Gasteiger partial charge is 0.338 e. The Morgan fingerprint density at radius 1 is 1.25 bits per heavy atom. The van der Waals surface area contributed by atoms with Gasteiger partial charge in [0.05, 0.1) is 17.2 Å². The lowest BCUT2D eigenvalue weighted by molar-refractivity contribution is -0.138. The molecular formula is C15H16N2O3. The van der Waals surface area contributed by atoms with Gasteiger partial charge in [-0.2, -0.15) is 5.26 Å². The highest BCUT2D eigenvalue weighted by molar-refractivity contribution is 5.92. The fourth-order valence-corrected chi connectivity index (χ4v) is 2.15. The minimum atomic E-state index is -0.781. The van der Waals surface area contributed by atoms with E-state index in [0.29, 0.717) is 11.1 Å². The summed E-state index contributed by atoms with van der Waals surface area (Å²) in [7, 11) is 0. The van der Waals surface area contributed by atoms with Crippen LogP contribution in [0.4, 0.5) is 0 Å².